The Bertz CT molecular complexity index is 815. The summed E-state index contributed by atoms with van der Waals surface area (Å²) in [7, 11) is -2.75. The molecule has 21 heavy (non-hydrogen) atoms. The van der Waals surface area contributed by atoms with Crippen LogP contribution in [0.2, 0.25) is 0 Å². The fourth-order valence-corrected chi connectivity index (χ4v) is 2.47. The second kappa shape index (κ2) is 5.60. The molecule has 3 rings (SSSR count). The highest BCUT2D eigenvalue weighted by Gasteiger charge is 2.19. The van der Waals surface area contributed by atoms with Gasteiger partial charge in [0.25, 0.3) is 5.88 Å². The Hall–Kier alpha value is -2.29. The molecule has 0 saturated carbocycles. The van der Waals surface area contributed by atoms with Crippen molar-refractivity contribution < 1.29 is 14.0 Å². The summed E-state index contributed by atoms with van der Waals surface area (Å²) in [5, 5.41) is 1.63. The number of hydrogen-bond donors (Lipinski definition) is 1. The monoisotopic (exact) mass is 298 g/mol. The van der Waals surface area contributed by atoms with Gasteiger partial charge in [0.05, 0.1) is 5.69 Å². The number of nitrogens with zero attached hydrogens (tertiary/aromatic N) is 1. The van der Waals surface area contributed by atoms with Crippen LogP contribution >= 0.6 is 8.25 Å². The van der Waals surface area contributed by atoms with Crippen LogP contribution in [0.1, 0.15) is 5.56 Å². The molecule has 1 N–H and O–H groups in total. The molecule has 1 heterocycles. The number of aromatic nitrogens is 1. The van der Waals surface area contributed by atoms with Crippen LogP contribution in [0.4, 0.5) is 0 Å². The van der Waals surface area contributed by atoms with Gasteiger partial charge in [0.15, 0.2) is 0 Å². The minimum Gasteiger partial charge on any atom is -0.208 e. The molecular formula is C16H13NO3P+. The summed E-state index contributed by atoms with van der Waals surface area (Å²) >= 11 is 0. The first kappa shape index (κ1) is 13.7. The largest absolute Gasteiger partial charge is 0.749 e. The quantitative estimate of drug-likeness (QED) is 0.735. The molecular weight excluding hydrogens is 285 g/mol. The van der Waals surface area contributed by atoms with Crippen molar-refractivity contribution in [3.05, 3.63) is 60.2 Å². The zero-order valence-corrected chi connectivity index (χ0v) is 12.2. The molecule has 0 aliphatic rings. The van der Waals surface area contributed by atoms with Gasteiger partial charge in [0.2, 0.25) is 0 Å². The van der Waals surface area contributed by atoms with Crippen molar-refractivity contribution >= 4 is 19.0 Å². The number of fused-ring (bicyclic) bond motifs is 1. The van der Waals surface area contributed by atoms with Crippen molar-refractivity contribution in [2.24, 2.45) is 0 Å². The second-order valence-electron chi connectivity index (χ2n) is 4.73. The van der Waals surface area contributed by atoms with Gasteiger partial charge in [-0.25, -0.2) is 9.51 Å². The predicted molar refractivity (Wildman–Crippen MR) is 82.4 cm³/mol. The minimum absolute atomic E-state index is 0.173. The SMILES string of the molecule is Cc1ccc(-c2cc3ccccc3c(O[P+](=O)O)n2)cc1. The van der Waals surface area contributed by atoms with Crippen LogP contribution in [0, 0.1) is 6.92 Å². The summed E-state index contributed by atoms with van der Waals surface area (Å²) in [6.07, 6.45) is 0. The Morgan fingerprint density at radius 1 is 1.10 bits per heavy atom. The lowest BCUT2D eigenvalue weighted by Crippen LogP contribution is -1.91. The molecule has 0 saturated heterocycles. The predicted octanol–water partition coefficient (Wildman–Crippen LogP) is 4.24. The second-order valence-corrected chi connectivity index (χ2v) is 5.39. The lowest BCUT2D eigenvalue weighted by atomic mass is 10.1. The molecule has 4 nitrogen and oxygen atoms in total. The van der Waals surface area contributed by atoms with Crippen LogP contribution in [0.15, 0.2) is 54.6 Å². The van der Waals surface area contributed by atoms with E-state index in [1.165, 1.54) is 0 Å². The van der Waals surface area contributed by atoms with Crippen molar-refractivity contribution in [2.75, 3.05) is 0 Å². The molecule has 0 bridgehead atoms. The third-order valence-corrected chi connectivity index (χ3v) is 3.55. The topological polar surface area (TPSA) is 59.4 Å². The summed E-state index contributed by atoms with van der Waals surface area (Å²) in [5.41, 5.74) is 2.80. The minimum atomic E-state index is -2.75. The first-order valence-corrected chi connectivity index (χ1v) is 7.57. The van der Waals surface area contributed by atoms with E-state index in [0.717, 1.165) is 16.5 Å². The number of aryl methyl sites for hydroxylation is 1. The summed E-state index contributed by atoms with van der Waals surface area (Å²) < 4.78 is 16.0. The summed E-state index contributed by atoms with van der Waals surface area (Å²) in [6.45, 7) is 2.02. The van der Waals surface area contributed by atoms with Crippen LogP contribution in [0.25, 0.3) is 22.0 Å². The van der Waals surface area contributed by atoms with Gasteiger partial charge in [-0.05, 0) is 24.4 Å². The molecule has 0 fully saturated rings. The van der Waals surface area contributed by atoms with Crippen LogP contribution < -0.4 is 4.52 Å². The maximum atomic E-state index is 11.0. The van der Waals surface area contributed by atoms with Gasteiger partial charge in [-0.2, -0.15) is 0 Å². The maximum Gasteiger partial charge on any atom is 0.749 e. The fourth-order valence-electron chi connectivity index (χ4n) is 2.18. The van der Waals surface area contributed by atoms with Gasteiger partial charge in [0.1, 0.15) is 0 Å². The summed E-state index contributed by atoms with van der Waals surface area (Å²) in [6, 6.07) is 17.4. The zero-order chi connectivity index (χ0) is 14.8. The Labute approximate surface area is 123 Å². The first-order valence-electron chi connectivity index (χ1n) is 6.44. The molecule has 0 aliphatic heterocycles. The lowest BCUT2D eigenvalue weighted by molar-refractivity contribution is 0.406. The molecule has 0 amide bonds. The van der Waals surface area contributed by atoms with Gasteiger partial charge in [-0.3, -0.25) is 0 Å². The van der Waals surface area contributed by atoms with E-state index in [0.29, 0.717) is 11.1 Å². The molecule has 1 unspecified atom stereocenters. The Balaban J connectivity index is 2.19. The first-order chi connectivity index (χ1) is 10.1. The summed E-state index contributed by atoms with van der Waals surface area (Å²) in [5.74, 6) is 0.173. The van der Waals surface area contributed by atoms with E-state index in [1.54, 1.807) is 0 Å². The van der Waals surface area contributed by atoms with Crippen molar-refractivity contribution in [3.63, 3.8) is 0 Å². The number of hydrogen-bond acceptors (Lipinski definition) is 3. The van der Waals surface area contributed by atoms with E-state index in [2.05, 4.69) is 4.98 Å². The number of pyridine rings is 1. The number of benzene rings is 2. The normalized spacial score (nSPS) is 11.4. The van der Waals surface area contributed by atoms with E-state index in [4.69, 9.17) is 9.42 Å². The highest BCUT2D eigenvalue weighted by Crippen LogP contribution is 2.32. The molecule has 0 spiro atoms. The van der Waals surface area contributed by atoms with Crippen molar-refractivity contribution in [2.45, 2.75) is 6.92 Å². The third-order valence-electron chi connectivity index (χ3n) is 3.22. The summed E-state index contributed by atoms with van der Waals surface area (Å²) in [4.78, 5) is 13.4. The van der Waals surface area contributed by atoms with Gasteiger partial charge in [-0.1, -0.05) is 48.0 Å². The molecule has 104 valence electrons. The molecule has 0 aliphatic carbocycles. The van der Waals surface area contributed by atoms with Gasteiger partial charge >= 0.3 is 8.25 Å². The molecule has 1 aromatic heterocycles. The lowest BCUT2D eigenvalue weighted by Gasteiger charge is -2.05. The number of rotatable bonds is 3. The van der Waals surface area contributed by atoms with E-state index in [1.807, 2.05) is 61.5 Å². The Morgan fingerprint density at radius 2 is 1.81 bits per heavy atom. The van der Waals surface area contributed by atoms with E-state index in [-0.39, 0.29) is 5.88 Å². The van der Waals surface area contributed by atoms with Crippen LogP contribution in [0.5, 0.6) is 5.88 Å². The zero-order valence-electron chi connectivity index (χ0n) is 11.4. The van der Waals surface area contributed by atoms with Crippen molar-refractivity contribution in [1.82, 2.24) is 4.98 Å². The molecule has 5 heteroatoms. The van der Waals surface area contributed by atoms with Crippen LogP contribution in [-0.4, -0.2) is 9.88 Å². The molecule has 3 aromatic rings. The van der Waals surface area contributed by atoms with Gasteiger partial charge in [-0.15, -0.1) is 4.89 Å². The van der Waals surface area contributed by atoms with Gasteiger partial charge < -0.3 is 0 Å². The molecule has 0 radical (unpaired) electrons. The van der Waals surface area contributed by atoms with Crippen molar-refractivity contribution in [3.8, 4) is 17.1 Å². The standard InChI is InChI=1S/C16H12NO3P/c1-11-6-8-12(9-7-11)15-10-13-4-2-3-5-14(13)16(17-15)20-21(18)19/h2-10H,1H3/p+1. The van der Waals surface area contributed by atoms with Crippen LogP contribution in [-0.2, 0) is 4.57 Å². The highest BCUT2D eigenvalue weighted by molar-refractivity contribution is 7.32. The Kier molecular flexibility index (Phi) is 3.65. The Morgan fingerprint density at radius 3 is 2.52 bits per heavy atom. The smallest absolute Gasteiger partial charge is 0.208 e. The van der Waals surface area contributed by atoms with E-state index >= 15 is 0 Å². The van der Waals surface area contributed by atoms with E-state index < -0.39 is 8.25 Å². The maximum absolute atomic E-state index is 11.0. The molecule has 2 aromatic carbocycles. The third kappa shape index (κ3) is 2.92. The highest BCUT2D eigenvalue weighted by atomic mass is 31.1. The molecule has 1 atom stereocenters. The van der Waals surface area contributed by atoms with Crippen molar-refractivity contribution in [1.29, 1.82) is 0 Å². The average molecular weight is 298 g/mol. The van der Waals surface area contributed by atoms with Crippen LogP contribution in [0.3, 0.4) is 0 Å². The fraction of sp³-hybridized carbons (Fsp3) is 0.0625. The van der Waals surface area contributed by atoms with E-state index in [9.17, 15) is 4.57 Å². The van der Waals surface area contributed by atoms with Gasteiger partial charge in [0, 0.05) is 15.5 Å². The average Bonchev–Trinajstić information content (AvgIpc) is 2.47.